The first-order valence-corrected chi connectivity index (χ1v) is 10.4. The molecule has 0 aliphatic carbocycles. The van der Waals surface area contributed by atoms with E-state index >= 15 is 0 Å². The molecule has 0 unspecified atom stereocenters. The number of benzene rings is 3. The highest BCUT2D eigenvalue weighted by Crippen LogP contribution is 2.47. The first-order valence-electron chi connectivity index (χ1n) is 8.82. The molecule has 0 aromatic heterocycles. The zero-order chi connectivity index (χ0) is 18.4. The summed E-state index contributed by atoms with van der Waals surface area (Å²) in [4.78, 5) is 0. The van der Waals surface area contributed by atoms with Crippen LogP contribution in [0, 0.1) is 0 Å². The van der Waals surface area contributed by atoms with Crippen molar-refractivity contribution >= 4 is 37.6 Å². The highest BCUT2D eigenvalue weighted by Gasteiger charge is 2.40. The molecule has 5 rings (SSSR count). The van der Waals surface area contributed by atoms with Crippen LogP contribution in [0.4, 0.5) is 0 Å². The maximum absolute atomic E-state index is 6.37. The number of ether oxygens (including phenoxy) is 1. The van der Waals surface area contributed by atoms with Crippen LogP contribution in [-0.4, -0.2) is 10.7 Å². The smallest absolute Gasteiger partial charge is 0.213 e. The number of hydrazone groups is 1. The summed E-state index contributed by atoms with van der Waals surface area (Å²) in [6.45, 7) is 0. The van der Waals surface area contributed by atoms with Crippen molar-refractivity contribution in [2.24, 2.45) is 5.10 Å². The van der Waals surface area contributed by atoms with E-state index in [1.807, 2.05) is 18.2 Å². The molecular formula is C22H16Br2N2O. The Morgan fingerprint density at radius 1 is 0.852 bits per heavy atom. The zero-order valence-electron chi connectivity index (χ0n) is 14.3. The third-order valence-corrected chi connectivity index (χ3v) is 6.09. The second-order valence-corrected chi connectivity index (χ2v) is 8.54. The summed E-state index contributed by atoms with van der Waals surface area (Å²) < 4.78 is 8.50. The first-order chi connectivity index (χ1) is 13.2. The lowest BCUT2D eigenvalue weighted by Gasteiger charge is -2.38. The molecular weight excluding hydrogens is 468 g/mol. The molecule has 3 aromatic carbocycles. The number of nitrogens with zero attached hydrogens (tertiary/aromatic N) is 2. The van der Waals surface area contributed by atoms with Crippen LogP contribution in [0.1, 0.15) is 35.4 Å². The molecule has 0 fully saturated rings. The molecule has 0 amide bonds. The van der Waals surface area contributed by atoms with Crippen molar-refractivity contribution in [3.05, 3.63) is 98.4 Å². The van der Waals surface area contributed by atoms with Gasteiger partial charge in [0.25, 0.3) is 0 Å². The van der Waals surface area contributed by atoms with Crippen LogP contribution in [0.3, 0.4) is 0 Å². The van der Waals surface area contributed by atoms with Gasteiger partial charge in [-0.3, -0.25) is 0 Å². The van der Waals surface area contributed by atoms with E-state index in [0.29, 0.717) is 0 Å². The van der Waals surface area contributed by atoms with Crippen LogP contribution in [-0.2, 0) is 0 Å². The van der Waals surface area contributed by atoms with E-state index in [1.165, 1.54) is 5.56 Å². The van der Waals surface area contributed by atoms with E-state index < -0.39 is 0 Å². The van der Waals surface area contributed by atoms with Crippen molar-refractivity contribution in [2.45, 2.75) is 18.7 Å². The second-order valence-electron chi connectivity index (χ2n) is 6.71. The average molecular weight is 484 g/mol. The van der Waals surface area contributed by atoms with Crippen molar-refractivity contribution in [1.82, 2.24) is 5.01 Å². The fourth-order valence-corrected chi connectivity index (χ4v) is 4.23. The summed E-state index contributed by atoms with van der Waals surface area (Å²) in [7, 11) is 0. The van der Waals surface area contributed by atoms with E-state index in [0.717, 1.165) is 38.0 Å². The Morgan fingerprint density at radius 2 is 1.52 bits per heavy atom. The van der Waals surface area contributed by atoms with Crippen LogP contribution in [0.25, 0.3) is 0 Å². The van der Waals surface area contributed by atoms with Crippen molar-refractivity contribution in [3.8, 4) is 5.75 Å². The highest BCUT2D eigenvalue weighted by atomic mass is 79.9. The van der Waals surface area contributed by atoms with E-state index in [-0.39, 0.29) is 12.3 Å². The van der Waals surface area contributed by atoms with Gasteiger partial charge in [-0.2, -0.15) is 5.10 Å². The lowest BCUT2D eigenvalue weighted by molar-refractivity contribution is -0.0190. The van der Waals surface area contributed by atoms with E-state index in [9.17, 15) is 0 Å². The quantitative estimate of drug-likeness (QED) is 0.418. The molecule has 0 saturated carbocycles. The van der Waals surface area contributed by atoms with Crippen LogP contribution in [0.2, 0.25) is 0 Å². The number of rotatable bonds is 2. The summed E-state index contributed by atoms with van der Waals surface area (Å²) in [5.41, 5.74) is 4.54. The molecule has 27 heavy (non-hydrogen) atoms. The lowest BCUT2D eigenvalue weighted by Crippen LogP contribution is -2.33. The van der Waals surface area contributed by atoms with E-state index in [2.05, 4.69) is 91.5 Å². The number of para-hydroxylation sites is 1. The van der Waals surface area contributed by atoms with Gasteiger partial charge in [0.2, 0.25) is 6.23 Å². The first kappa shape index (κ1) is 17.0. The predicted molar refractivity (Wildman–Crippen MR) is 114 cm³/mol. The third kappa shape index (κ3) is 3.09. The molecule has 3 aromatic rings. The molecule has 2 aliphatic rings. The second kappa shape index (κ2) is 6.80. The Labute approximate surface area is 174 Å². The van der Waals surface area contributed by atoms with Crippen molar-refractivity contribution in [1.29, 1.82) is 0 Å². The minimum atomic E-state index is -0.231. The Kier molecular flexibility index (Phi) is 4.29. The molecule has 2 atom stereocenters. The molecule has 0 N–H and O–H groups in total. The number of halogens is 2. The summed E-state index contributed by atoms with van der Waals surface area (Å²) in [5, 5.41) is 7.10. The van der Waals surface area contributed by atoms with Gasteiger partial charge in [0, 0.05) is 26.5 Å². The average Bonchev–Trinajstić information content (AvgIpc) is 3.14. The summed E-state index contributed by atoms with van der Waals surface area (Å²) in [5.74, 6) is 0.943. The van der Waals surface area contributed by atoms with Crippen LogP contribution < -0.4 is 4.74 Å². The lowest BCUT2D eigenvalue weighted by atomic mass is 9.96. The van der Waals surface area contributed by atoms with Gasteiger partial charge < -0.3 is 4.74 Å². The number of fused-ring (bicyclic) bond motifs is 3. The molecule has 2 heterocycles. The molecule has 0 spiro atoms. The fraction of sp³-hybridized carbons (Fsp3) is 0.136. The molecule has 0 bridgehead atoms. The minimum Gasteiger partial charge on any atom is -0.464 e. The van der Waals surface area contributed by atoms with Crippen molar-refractivity contribution < 1.29 is 4.74 Å². The molecule has 0 radical (unpaired) electrons. The predicted octanol–water partition coefficient (Wildman–Crippen LogP) is 6.45. The summed E-state index contributed by atoms with van der Waals surface area (Å²) in [6.07, 6.45) is 0.639. The summed E-state index contributed by atoms with van der Waals surface area (Å²) >= 11 is 7.02. The Balaban J connectivity index is 1.58. The topological polar surface area (TPSA) is 24.8 Å². The van der Waals surface area contributed by atoms with Crippen LogP contribution in [0.5, 0.6) is 5.75 Å². The Morgan fingerprint density at radius 3 is 2.26 bits per heavy atom. The van der Waals surface area contributed by atoms with E-state index in [4.69, 9.17) is 9.84 Å². The number of hydrogen-bond donors (Lipinski definition) is 0. The largest absolute Gasteiger partial charge is 0.464 e. The monoisotopic (exact) mass is 482 g/mol. The maximum atomic E-state index is 6.37. The van der Waals surface area contributed by atoms with Crippen LogP contribution >= 0.6 is 31.9 Å². The van der Waals surface area contributed by atoms with Gasteiger partial charge in [-0.15, -0.1) is 0 Å². The molecule has 2 aliphatic heterocycles. The molecule has 5 heteroatoms. The van der Waals surface area contributed by atoms with Gasteiger partial charge in [0.1, 0.15) is 5.75 Å². The maximum Gasteiger partial charge on any atom is 0.213 e. The van der Waals surface area contributed by atoms with Gasteiger partial charge >= 0.3 is 0 Å². The van der Waals surface area contributed by atoms with E-state index in [1.54, 1.807) is 0 Å². The van der Waals surface area contributed by atoms with Gasteiger partial charge in [-0.1, -0.05) is 74.3 Å². The normalized spacial score (nSPS) is 20.5. The number of hydrogen-bond acceptors (Lipinski definition) is 3. The van der Waals surface area contributed by atoms with Crippen molar-refractivity contribution in [2.75, 3.05) is 0 Å². The highest BCUT2D eigenvalue weighted by molar-refractivity contribution is 9.10. The van der Waals surface area contributed by atoms with Crippen molar-refractivity contribution in [3.63, 3.8) is 0 Å². The van der Waals surface area contributed by atoms with Crippen LogP contribution in [0.15, 0.2) is 86.8 Å². The van der Waals surface area contributed by atoms with Gasteiger partial charge in [0.05, 0.1) is 11.8 Å². The summed E-state index contributed by atoms with van der Waals surface area (Å²) in [6, 6.07) is 25.1. The van der Waals surface area contributed by atoms with Gasteiger partial charge in [-0.25, -0.2) is 5.01 Å². The Bertz CT molecular complexity index is 1020. The fourth-order valence-electron chi connectivity index (χ4n) is 3.70. The minimum absolute atomic E-state index is 0.183. The molecule has 3 nitrogen and oxygen atoms in total. The Hall–Kier alpha value is -2.11. The molecule has 0 saturated heterocycles. The van der Waals surface area contributed by atoms with Gasteiger partial charge in [0.15, 0.2) is 0 Å². The standard InChI is InChI=1S/C22H16Br2N2O/c23-16-9-5-14(6-10-16)19-13-20-18-3-1-2-4-21(18)27-22(26(20)25-19)15-7-11-17(24)12-8-15/h1-12,20,22H,13H2/t20-,22+/m0/s1. The van der Waals surface area contributed by atoms with Gasteiger partial charge in [-0.05, 0) is 35.9 Å². The SMILES string of the molecule is Brc1ccc(C2=NN3[C@@H](c4ccc(Br)cc4)Oc4ccccc4[C@@H]3C2)cc1. The molecule has 134 valence electrons. The third-order valence-electron chi connectivity index (χ3n) is 5.03. The zero-order valence-corrected chi connectivity index (χ0v) is 17.5.